The van der Waals surface area contributed by atoms with Gasteiger partial charge in [-0.15, -0.1) is 0 Å². The maximum absolute atomic E-state index is 6.10. The number of hydrogen-bond donors (Lipinski definition) is 3. The van der Waals surface area contributed by atoms with Crippen LogP contribution in [0.1, 0.15) is 33.9 Å². The van der Waals surface area contributed by atoms with Gasteiger partial charge in [0, 0.05) is 10.2 Å². The summed E-state index contributed by atoms with van der Waals surface area (Å²) in [6.45, 7) is 6.32. The average molecular weight is 334 g/mol. The zero-order valence-electron chi connectivity index (χ0n) is 12.0. The van der Waals surface area contributed by atoms with Crippen molar-refractivity contribution in [2.45, 2.75) is 26.8 Å². The molecule has 5 N–H and O–H groups in total. The molecule has 0 saturated carbocycles. The largest absolute Gasteiger partial charge is 0.398 e. The fourth-order valence-electron chi connectivity index (χ4n) is 2.44. The summed E-state index contributed by atoms with van der Waals surface area (Å²) < 4.78 is 0.989. The number of nitrogens with two attached hydrogens (primary N) is 2. The molecule has 2 aromatic rings. The molecule has 4 heteroatoms. The van der Waals surface area contributed by atoms with Crippen molar-refractivity contribution in [2.24, 2.45) is 5.84 Å². The second-order valence-electron chi connectivity index (χ2n) is 5.17. The normalized spacial score (nSPS) is 12.4. The van der Waals surface area contributed by atoms with E-state index >= 15 is 0 Å². The zero-order valence-corrected chi connectivity index (χ0v) is 13.6. The van der Waals surface area contributed by atoms with Gasteiger partial charge in [0.15, 0.2) is 0 Å². The van der Waals surface area contributed by atoms with Gasteiger partial charge in [-0.2, -0.15) is 0 Å². The molecule has 0 heterocycles. The van der Waals surface area contributed by atoms with Crippen LogP contribution in [0.2, 0.25) is 0 Å². The van der Waals surface area contributed by atoms with Crippen LogP contribution in [0, 0.1) is 20.8 Å². The first-order valence-corrected chi connectivity index (χ1v) is 7.32. The molecule has 0 amide bonds. The molecule has 20 heavy (non-hydrogen) atoms. The lowest BCUT2D eigenvalue weighted by Crippen LogP contribution is -2.30. The Balaban J connectivity index is 2.58. The molecule has 2 aromatic carbocycles. The molecule has 0 saturated heterocycles. The van der Waals surface area contributed by atoms with Gasteiger partial charge in [-0.05, 0) is 66.8 Å². The number of nitrogens with one attached hydrogen (secondary N) is 1. The van der Waals surface area contributed by atoms with Crippen LogP contribution in [-0.4, -0.2) is 0 Å². The topological polar surface area (TPSA) is 64.1 Å². The number of aryl methyl sites for hydroxylation is 3. The minimum Gasteiger partial charge on any atom is -0.398 e. The van der Waals surface area contributed by atoms with Crippen LogP contribution in [0.25, 0.3) is 0 Å². The lowest BCUT2D eigenvalue weighted by molar-refractivity contribution is 0.634. The monoisotopic (exact) mass is 333 g/mol. The van der Waals surface area contributed by atoms with Gasteiger partial charge in [-0.3, -0.25) is 5.84 Å². The van der Waals surface area contributed by atoms with Crippen LogP contribution in [0.5, 0.6) is 0 Å². The van der Waals surface area contributed by atoms with E-state index in [0.717, 1.165) is 21.3 Å². The molecular weight excluding hydrogens is 314 g/mol. The Morgan fingerprint density at radius 2 is 1.60 bits per heavy atom. The van der Waals surface area contributed by atoms with E-state index in [4.69, 9.17) is 11.6 Å². The Labute approximate surface area is 128 Å². The molecule has 0 radical (unpaired) electrons. The van der Waals surface area contributed by atoms with E-state index in [1.165, 1.54) is 16.7 Å². The first kappa shape index (κ1) is 15.0. The van der Waals surface area contributed by atoms with Crippen molar-refractivity contribution in [1.82, 2.24) is 5.43 Å². The van der Waals surface area contributed by atoms with E-state index in [1.54, 1.807) is 0 Å². The number of benzene rings is 2. The minimum atomic E-state index is -0.119. The van der Waals surface area contributed by atoms with Crippen LogP contribution < -0.4 is 17.0 Å². The van der Waals surface area contributed by atoms with Gasteiger partial charge < -0.3 is 5.73 Å². The average Bonchev–Trinajstić information content (AvgIpc) is 2.40. The van der Waals surface area contributed by atoms with E-state index in [0.29, 0.717) is 0 Å². The number of nitrogen functional groups attached to an aromatic ring is 1. The number of hydrazine groups is 1. The number of anilines is 1. The Bertz CT molecular complexity index is 638. The fourth-order valence-corrected chi connectivity index (χ4v) is 2.82. The smallest absolute Gasteiger partial charge is 0.0733 e. The molecule has 0 fully saturated rings. The zero-order chi connectivity index (χ0) is 14.9. The highest BCUT2D eigenvalue weighted by Crippen LogP contribution is 2.31. The van der Waals surface area contributed by atoms with Gasteiger partial charge in [0.25, 0.3) is 0 Å². The highest BCUT2D eigenvalue weighted by Gasteiger charge is 2.18. The van der Waals surface area contributed by atoms with Crippen molar-refractivity contribution in [2.75, 3.05) is 5.73 Å². The van der Waals surface area contributed by atoms with Crippen molar-refractivity contribution in [3.63, 3.8) is 0 Å². The minimum absolute atomic E-state index is 0.119. The van der Waals surface area contributed by atoms with Crippen LogP contribution in [0.15, 0.2) is 34.8 Å². The van der Waals surface area contributed by atoms with E-state index in [1.807, 2.05) is 18.2 Å². The summed E-state index contributed by atoms with van der Waals surface area (Å²) in [7, 11) is 0. The lowest BCUT2D eigenvalue weighted by Gasteiger charge is -2.22. The molecule has 2 rings (SSSR count). The summed E-state index contributed by atoms with van der Waals surface area (Å²) in [6.07, 6.45) is 0. The predicted octanol–water partition coefficient (Wildman–Crippen LogP) is 3.51. The van der Waals surface area contributed by atoms with Gasteiger partial charge in [0.05, 0.1) is 6.04 Å². The Hall–Kier alpha value is -1.36. The molecule has 0 aliphatic carbocycles. The molecule has 106 valence electrons. The Morgan fingerprint density at radius 3 is 2.25 bits per heavy atom. The third kappa shape index (κ3) is 2.87. The molecule has 1 atom stereocenters. The number of rotatable bonds is 3. The van der Waals surface area contributed by atoms with E-state index < -0.39 is 0 Å². The summed E-state index contributed by atoms with van der Waals surface area (Å²) >= 11 is 3.49. The third-order valence-corrected chi connectivity index (χ3v) is 4.21. The van der Waals surface area contributed by atoms with Crippen LogP contribution in [0.4, 0.5) is 5.69 Å². The van der Waals surface area contributed by atoms with Crippen LogP contribution in [-0.2, 0) is 0 Å². The van der Waals surface area contributed by atoms with E-state index in [-0.39, 0.29) is 6.04 Å². The summed E-state index contributed by atoms with van der Waals surface area (Å²) in [5.74, 6) is 5.79. The molecule has 0 aliphatic rings. The fraction of sp³-hybridized carbons (Fsp3) is 0.250. The molecule has 1 unspecified atom stereocenters. The third-order valence-electron chi connectivity index (χ3n) is 3.72. The maximum atomic E-state index is 6.10. The predicted molar refractivity (Wildman–Crippen MR) is 88.4 cm³/mol. The van der Waals surface area contributed by atoms with Crippen molar-refractivity contribution in [3.05, 3.63) is 62.6 Å². The van der Waals surface area contributed by atoms with Crippen molar-refractivity contribution in [1.29, 1.82) is 0 Å². The Kier molecular flexibility index (Phi) is 4.48. The van der Waals surface area contributed by atoms with Gasteiger partial charge in [0.2, 0.25) is 0 Å². The highest BCUT2D eigenvalue weighted by molar-refractivity contribution is 9.10. The van der Waals surface area contributed by atoms with Gasteiger partial charge in [-0.1, -0.05) is 28.1 Å². The van der Waals surface area contributed by atoms with Crippen molar-refractivity contribution >= 4 is 21.6 Å². The quantitative estimate of drug-likeness (QED) is 0.457. The lowest BCUT2D eigenvalue weighted by atomic mass is 9.91. The molecule has 3 nitrogen and oxygen atoms in total. The summed E-state index contributed by atoms with van der Waals surface area (Å²) in [4.78, 5) is 0. The second kappa shape index (κ2) is 5.95. The number of halogens is 1. The highest BCUT2D eigenvalue weighted by atomic mass is 79.9. The second-order valence-corrected chi connectivity index (χ2v) is 6.08. The summed E-state index contributed by atoms with van der Waals surface area (Å²) in [5, 5.41) is 0. The standard InChI is InChI=1S/C16H20BrN3/c1-9-6-11(3)13(7-10(9)2)16(20-19)14-8-12(17)4-5-15(14)18/h4-8,16,20H,18-19H2,1-3H3. The van der Waals surface area contributed by atoms with Crippen molar-refractivity contribution in [3.8, 4) is 0 Å². The summed E-state index contributed by atoms with van der Waals surface area (Å²) in [6, 6.07) is 10.1. The van der Waals surface area contributed by atoms with Crippen LogP contribution in [0.3, 0.4) is 0 Å². The van der Waals surface area contributed by atoms with Gasteiger partial charge in [0.1, 0.15) is 0 Å². The first-order chi connectivity index (χ1) is 9.43. The number of hydrogen-bond acceptors (Lipinski definition) is 3. The van der Waals surface area contributed by atoms with E-state index in [2.05, 4.69) is 54.3 Å². The Morgan fingerprint density at radius 1 is 0.950 bits per heavy atom. The molecule has 0 aromatic heterocycles. The van der Waals surface area contributed by atoms with E-state index in [9.17, 15) is 0 Å². The maximum Gasteiger partial charge on any atom is 0.0733 e. The molecule has 0 aliphatic heterocycles. The van der Waals surface area contributed by atoms with Gasteiger partial charge in [-0.25, -0.2) is 5.43 Å². The SMILES string of the molecule is Cc1cc(C)c(C(NN)c2cc(Br)ccc2N)cc1C. The molecular formula is C16H20BrN3. The van der Waals surface area contributed by atoms with Crippen LogP contribution >= 0.6 is 15.9 Å². The summed E-state index contributed by atoms with van der Waals surface area (Å²) in [5.41, 5.74) is 15.6. The molecule has 0 spiro atoms. The first-order valence-electron chi connectivity index (χ1n) is 6.53. The van der Waals surface area contributed by atoms with Gasteiger partial charge >= 0.3 is 0 Å². The van der Waals surface area contributed by atoms with Crippen molar-refractivity contribution < 1.29 is 0 Å². The molecule has 0 bridgehead atoms.